The predicted octanol–water partition coefficient (Wildman–Crippen LogP) is 3.60. The number of aromatic nitrogens is 2. The van der Waals surface area contributed by atoms with E-state index in [4.69, 9.17) is 0 Å². The zero-order valence-electron chi connectivity index (χ0n) is 9.15. The fraction of sp³-hybridized carbons (Fsp3) is 0.231. The molecule has 0 aliphatic carbocycles. The Kier molecular flexibility index (Phi) is 3.67. The minimum atomic E-state index is 0.868. The molecular formula is C13H13BrN2. The second-order valence-corrected chi connectivity index (χ2v) is 4.10. The van der Waals surface area contributed by atoms with E-state index in [9.17, 15) is 0 Å². The fourth-order valence-corrected chi connectivity index (χ4v) is 1.87. The molecule has 1 aromatic carbocycles. The van der Waals surface area contributed by atoms with Crippen LogP contribution in [-0.4, -0.2) is 9.97 Å². The van der Waals surface area contributed by atoms with Gasteiger partial charge in [-0.1, -0.05) is 47.1 Å². The molecule has 0 bridgehead atoms. The van der Waals surface area contributed by atoms with Crippen molar-refractivity contribution < 1.29 is 0 Å². The van der Waals surface area contributed by atoms with Crippen molar-refractivity contribution in [3.8, 4) is 11.3 Å². The quantitative estimate of drug-likeness (QED) is 0.801. The van der Waals surface area contributed by atoms with Crippen molar-refractivity contribution in [2.24, 2.45) is 0 Å². The lowest BCUT2D eigenvalue weighted by atomic mass is 10.1. The first-order valence-corrected chi connectivity index (χ1v) is 6.43. The fourth-order valence-electron chi connectivity index (χ4n) is 1.49. The van der Waals surface area contributed by atoms with Crippen LogP contribution in [-0.2, 0) is 11.8 Å². The second kappa shape index (κ2) is 5.21. The highest BCUT2D eigenvalue weighted by molar-refractivity contribution is 9.08. The molecule has 16 heavy (non-hydrogen) atoms. The number of aryl methyl sites for hydroxylation is 1. The van der Waals surface area contributed by atoms with Crippen LogP contribution in [0.5, 0.6) is 0 Å². The zero-order chi connectivity index (χ0) is 11.4. The maximum Gasteiger partial charge on any atom is 0.128 e. The van der Waals surface area contributed by atoms with Gasteiger partial charge in [-0.3, -0.25) is 0 Å². The Morgan fingerprint density at radius 3 is 2.50 bits per heavy atom. The summed E-state index contributed by atoms with van der Waals surface area (Å²) in [6.45, 7) is 2.06. The van der Waals surface area contributed by atoms with Gasteiger partial charge in [-0.2, -0.15) is 0 Å². The first-order valence-electron chi connectivity index (χ1n) is 5.30. The van der Waals surface area contributed by atoms with Crippen LogP contribution in [0.2, 0.25) is 0 Å². The van der Waals surface area contributed by atoms with Crippen molar-refractivity contribution in [3.05, 3.63) is 47.9 Å². The number of alkyl halides is 1. The van der Waals surface area contributed by atoms with Gasteiger partial charge in [-0.15, -0.1) is 0 Å². The van der Waals surface area contributed by atoms with Crippen LogP contribution >= 0.6 is 15.9 Å². The average molecular weight is 277 g/mol. The Morgan fingerprint density at radius 1 is 1.12 bits per heavy atom. The van der Waals surface area contributed by atoms with Gasteiger partial charge in [-0.25, -0.2) is 9.97 Å². The molecule has 82 valence electrons. The van der Waals surface area contributed by atoms with E-state index in [0.717, 1.165) is 28.8 Å². The summed E-state index contributed by atoms with van der Waals surface area (Å²) in [4.78, 5) is 8.69. The summed E-state index contributed by atoms with van der Waals surface area (Å²) < 4.78 is 0. The van der Waals surface area contributed by atoms with Gasteiger partial charge in [-0.05, 0) is 11.6 Å². The summed E-state index contributed by atoms with van der Waals surface area (Å²) in [5, 5.41) is 0.886. The zero-order valence-corrected chi connectivity index (χ0v) is 10.7. The summed E-state index contributed by atoms with van der Waals surface area (Å²) in [5.74, 6) is 0.891. The van der Waals surface area contributed by atoms with Gasteiger partial charge in [0.25, 0.3) is 0 Å². The van der Waals surface area contributed by atoms with E-state index in [-0.39, 0.29) is 0 Å². The Balaban J connectivity index is 2.34. The topological polar surface area (TPSA) is 25.8 Å². The van der Waals surface area contributed by atoms with Crippen molar-refractivity contribution in [1.82, 2.24) is 9.97 Å². The van der Waals surface area contributed by atoms with Gasteiger partial charge in [0, 0.05) is 23.5 Å². The van der Waals surface area contributed by atoms with Crippen molar-refractivity contribution in [2.45, 2.75) is 18.7 Å². The van der Waals surface area contributed by atoms with Gasteiger partial charge in [0.15, 0.2) is 0 Å². The van der Waals surface area contributed by atoms with Crippen molar-refractivity contribution >= 4 is 15.9 Å². The number of benzene rings is 1. The third-order valence-electron chi connectivity index (χ3n) is 2.43. The summed E-state index contributed by atoms with van der Waals surface area (Å²) in [5.41, 5.74) is 3.41. The molecule has 1 aromatic heterocycles. The molecule has 2 rings (SSSR count). The molecule has 0 fully saturated rings. The Hall–Kier alpha value is -1.22. The third-order valence-corrected chi connectivity index (χ3v) is 3.07. The molecule has 0 radical (unpaired) electrons. The van der Waals surface area contributed by atoms with Crippen LogP contribution in [0.3, 0.4) is 0 Å². The molecule has 0 saturated carbocycles. The average Bonchev–Trinajstić information content (AvgIpc) is 2.39. The van der Waals surface area contributed by atoms with E-state index in [0.29, 0.717) is 0 Å². The summed E-state index contributed by atoms with van der Waals surface area (Å²) in [6.07, 6.45) is 2.69. The van der Waals surface area contributed by atoms with Gasteiger partial charge in [0.1, 0.15) is 5.82 Å². The van der Waals surface area contributed by atoms with Crippen molar-refractivity contribution in [2.75, 3.05) is 0 Å². The molecule has 0 N–H and O–H groups in total. The number of hydrogen-bond donors (Lipinski definition) is 0. The third kappa shape index (κ3) is 2.47. The molecule has 3 heteroatoms. The van der Waals surface area contributed by atoms with Crippen LogP contribution in [0.25, 0.3) is 11.3 Å². The Labute approximate surface area is 104 Å². The highest BCUT2D eigenvalue weighted by Gasteiger charge is 2.00. The second-order valence-electron chi connectivity index (χ2n) is 3.54. The van der Waals surface area contributed by atoms with Gasteiger partial charge >= 0.3 is 0 Å². The van der Waals surface area contributed by atoms with Crippen LogP contribution in [0.1, 0.15) is 18.3 Å². The molecule has 2 nitrogen and oxygen atoms in total. The number of halogens is 1. The van der Waals surface area contributed by atoms with E-state index in [2.05, 4.69) is 57.1 Å². The molecule has 0 aliphatic rings. The Bertz CT molecular complexity index is 466. The van der Waals surface area contributed by atoms with Gasteiger partial charge in [0.2, 0.25) is 0 Å². The minimum Gasteiger partial charge on any atom is -0.241 e. The Morgan fingerprint density at radius 2 is 1.88 bits per heavy atom. The maximum atomic E-state index is 4.49. The van der Waals surface area contributed by atoms with E-state index < -0.39 is 0 Å². The van der Waals surface area contributed by atoms with Crippen LogP contribution in [0.4, 0.5) is 0 Å². The van der Waals surface area contributed by atoms with Crippen molar-refractivity contribution in [1.29, 1.82) is 0 Å². The van der Waals surface area contributed by atoms with E-state index >= 15 is 0 Å². The standard InChI is InChI=1S/C13H13BrN2/c1-2-13-15-8-7-12(16-13)11-5-3-10(9-14)4-6-11/h3-8H,2,9H2,1H3. The summed E-state index contributed by atoms with van der Waals surface area (Å²) in [7, 11) is 0. The molecule has 0 saturated heterocycles. The molecule has 0 spiro atoms. The lowest BCUT2D eigenvalue weighted by Gasteiger charge is -2.03. The van der Waals surface area contributed by atoms with E-state index in [1.165, 1.54) is 5.56 Å². The summed E-state index contributed by atoms with van der Waals surface area (Å²) >= 11 is 3.44. The monoisotopic (exact) mass is 276 g/mol. The van der Waals surface area contributed by atoms with E-state index in [1.807, 2.05) is 12.3 Å². The number of nitrogens with zero attached hydrogens (tertiary/aromatic N) is 2. The van der Waals surface area contributed by atoms with Crippen molar-refractivity contribution in [3.63, 3.8) is 0 Å². The number of hydrogen-bond acceptors (Lipinski definition) is 2. The molecule has 0 unspecified atom stereocenters. The molecule has 0 atom stereocenters. The maximum absolute atomic E-state index is 4.49. The molecule has 1 heterocycles. The molecule has 2 aromatic rings. The molecule has 0 aliphatic heterocycles. The lowest BCUT2D eigenvalue weighted by molar-refractivity contribution is 0.943. The van der Waals surface area contributed by atoms with E-state index in [1.54, 1.807) is 0 Å². The smallest absolute Gasteiger partial charge is 0.128 e. The molecule has 0 amide bonds. The lowest BCUT2D eigenvalue weighted by Crippen LogP contribution is -1.93. The SMILES string of the molecule is CCc1nccc(-c2ccc(CBr)cc2)n1. The van der Waals surface area contributed by atoms with Gasteiger partial charge in [0.05, 0.1) is 5.69 Å². The van der Waals surface area contributed by atoms with Crippen LogP contribution in [0, 0.1) is 0 Å². The predicted molar refractivity (Wildman–Crippen MR) is 69.5 cm³/mol. The molecular weight excluding hydrogens is 264 g/mol. The first-order chi connectivity index (χ1) is 7.83. The number of rotatable bonds is 3. The van der Waals surface area contributed by atoms with Crippen LogP contribution < -0.4 is 0 Å². The highest BCUT2D eigenvalue weighted by Crippen LogP contribution is 2.18. The summed E-state index contributed by atoms with van der Waals surface area (Å²) in [6, 6.07) is 10.4. The normalized spacial score (nSPS) is 10.4. The van der Waals surface area contributed by atoms with Crippen LogP contribution in [0.15, 0.2) is 36.5 Å². The largest absolute Gasteiger partial charge is 0.241 e. The van der Waals surface area contributed by atoms with Gasteiger partial charge < -0.3 is 0 Å². The highest BCUT2D eigenvalue weighted by atomic mass is 79.9. The first kappa shape index (κ1) is 11.3. The minimum absolute atomic E-state index is 0.868.